The van der Waals surface area contributed by atoms with Crippen molar-refractivity contribution < 1.29 is 65.5 Å². The number of rotatable bonds is 7. The number of benzene rings is 6. The van der Waals surface area contributed by atoms with Gasteiger partial charge in [-0.1, -0.05) is 42.5 Å². The fraction of sp³-hybridized carbons (Fsp3) is 0.0303. The second kappa shape index (κ2) is 18.6. The number of phenolic OH excluding ortho intramolecular Hbond substituents is 2. The summed E-state index contributed by atoms with van der Waals surface area (Å²) in [5.41, 5.74) is 3.59. The van der Waals surface area contributed by atoms with Gasteiger partial charge in [0.2, 0.25) is 0 Å². The van der Waals surface area contributed by atoms with Crippen molar-refractivity contribution >= 4 is 87.0 Å². The van der Waals surface area contributed by atoms with E-state index in [1.807, 2.05) is 48.5 Å². The van der Waals surface area contributed by atoms with Gasteiger partial charge >= 0.3 is 21.2 Å². The molecule has 16 nitrogen and oxygen atoms in total. The summed E-state index contributed by atoms with van der Waals surface area (Å²) in [6.07, 6.45) is 0. The summed E-state index contributed by atoms with van der Waals surface area (Å²) in [5, 5.41) is 43.9. The van der Waals surface area contributed by atoms with E-state index in [2.05, 4.69) is 25.8 Å². The molecule has 6 aromatic carbocycles. The number of aryl methyl sites for hydroxylation is 1. The Morgan fingerprint density at radius 1 is 0.585 bits per heavy atom. The fourth-order valence-electron chi connectivity index (χ4n) is 4.74. The van der Waals surface area contributed by atoms with Gasteiger partial charge in [-0.15, -0.1) is 35.5 Å². The van der Waals surface area contributed by atoms with Crippen molar-refractivity contribution in [2.24, 2.45) is 20.5 Å². The van der Waals surface area contributed by atoms with Gasteiger partial charge < -0.3 is 15.5 Å². The van der Waals surface area contributed by atoms with Crippen molar-refractivity contribution in [3.05, 3.63) is 115 Å². The normalized spacial score (nSPS) is 10.9. The number of anilines is 2. The summed E-state index contributed by atoms with van der Waals surface area (Å²) in [6, 6.07) is 31.2. The van der Waals surface area contributed by atoms with Crippen LogP contribution in [0.2, 0.25) is 0 Å². The van der Waals surface area contributed by atoms with E-state index in [9.17, 15) is 23.2 Å². The first kappa shape index (κ1) is 41.5. The average molecular weight is 827 g/mol. The van der Waals surface area contributed by atoms with Gasteiger partial charge in [0.05, 0.1) is 11.4 Å². The third kappa shape index (κ3) is 11.8. The van der Waals surface area contributed by atoms with E-state index in [1.165, 1.54) is 18.2 Å². The zero-order chi connectivity index (χ0) is 38.0. The smallest absolute Gasteiger partial charge is 0.425 e. The first-order chi connectivity index (χ1) is 24.6. The summed E-state index contributed by atoms with van der Waals surface area (Å²) in [5.74, 6) is -0.232. The summed E-state index contributed by atoms with van der Waals surface area (Å²) >= 11 is 0. The van der Waals surface area contributed by atoms with Gasteiger partial charge in [-0.2, -0.15) is 18.6 Å². The monoisotopic (exact) mass is 826 g/mol. The predicted octanol–water partition coefficient (Wildman–Crippen LogP) is 7.52. The summed E-state index contributed by atoms with van der Waals surface area (Å²) in [7, 11) is -10.6. The largest absolute Gasteiger partial charge is 0.506 e. The van der Waals surface area contributed by atoms with Gasteiger partial charge in [-0.05, 0) is 83.9 Å². The van der Waals surface area contributed by atoms with Gasteiger partial charge in [0, 0.05) is 45.3 Å². The van der Waals surface area contributed by atoms with Crippen LogP contribution in [-0.4, -0.2) is 48.4 Å². The number of nitrogens with one attached hydrogen (secondary N) is 1. The number of para-hydroxylation sites is 1. The van der Waals surface area contributed by atoms with Crippen molar-refractivity contribution in [3.63, 3.8) is 0 Å². The molecular formula is C33H25CuN5O11S3. The van der Waals surface area contributed by atoms with E-state index >= 15 is 0 Å². The maximum absolute atomic E-state index is 11.8. The molecule has 6 rings (SSSR count). The Morgan fingerprint density at radius 3 is 1.87 bits per heavy atom. The predicted molar refractivity (Wildman–Crippen MR) is 190 cm³/mol. The Balaban J connectivity index is 0.000000765. The van der Waals surface area contributed by atoms with Crippen LogP contribution in [-0.2, 0) is 48.4 Å². The van der Waals surface area contributed by atoms with E-state index in [0.29, 0.717) is 33.1 Å². The first-order valence-electron chi connectivity index (χ1n) is 14.4. The van der Waals surface area contributed by atoms with Crippen molar-refractivity contribution in [1.29, 1.82) is 0 Å². The number of azo groups is 2. The Labute approximate surface area is 314 Å². The van der Waals surface area contributed by atoms with Crippen LogP contribution in [0.4, 0.5) is 34.1 Å². The zero-order valence-corrected chi connectivity index (χ0v) is 30.2. The van der Waals surface area contributed by atoms with E-state index in [0.717, 1.165) is 16.8 Å². The van der Waals surface area contributed by atoms with E-state index in [4.69, 9.17) is 25.3 Å². The Hall–Kier alpha value is -5.89. The van der Waals surface area contributed by atoms with Crippen LogP contribution in [0.1, 0.15) is 5.56 Å². The number of hydrogen-bond acceptors (Lipinski definition) is 15. The quantitative estimate of drug-likeness (QED) is 0.0692. The molecule has 6 aromatic rings. The van der Waals surface area contributed by atoms with Crippen LogP contribution < -0.4 is 5.32 Å². The Kier molecular flexibility index (Phi) is 14.5. The number of fused-ring (bicyclic) bond motifs is 2. The maximum atomic E-state index is 11.8. The van der Waals surface area contributed by atoms with Crippen LogP contribution in [0.25, 0.3) is 21.5 Å². The van der Waals surface area contributed by atoms with E-state index in [1.54, 1.807) is 49.4 Å². The standard InChI is InChI=1S/C33H25N5O5S.Cu.2O3S/c1-20-16-30(31(39)19-29(20)37-35-25-12-10-21-6-5-9-32(27(21)18-25)44(41,42)43)38-36-28-15-11-22-17-24(13-14-26(22)33(28)40)34-23-7-3-2-4-8-23;;2*1-4(2)3/h2-19,34,39-40H,1H3,(H,41,42,43);;;. The number of aromatic hydroxyl groups is 2. The second-order valence-electron chi connectivity index (χ2n) is 10.4. The molecule has 0 aliphatic heterocycles. The molecule has 0 spiro atoms. The molecule has 0 unspecified atom stereocenters. The molecule has 53 heavy (non-hydrogen) atoms. The van der Waals surface area contributed by atoms with E-state index < -0.39 is 31.3 Å². The molecule has 0 saturated heterocycles. The molecule has 0 saturated carbocycles. The van der Waals surface area contributed by atoms with Gasteiger partial charge in [-0.3, -0.25) is 4.55 Å². The SMILES string of the molecule is Cc1cc(N=Nc2ccc3cc(Nc4ccccc4)ccc3c2O)c(O)cc1N=Nc1ccc2cccc(S(=O)(=O)O)c2c1.O=S(=O)=O.O=S(=O)=O.[Cu]. The summed E-state index contributed by atoms with van der Waals surface area (Å²) in [4.78, 5) is -0.224. The minimum atomic E-state index is -4.43. The van der Waals surface area contributed by atoms with Crippen LogP contribution in [0.15, 0.2) is 135 Å². The third-order valence-electron chi connectivity index (χ3n) is 6.97. The van der Waals surface area contributed by atoms with Crippen molar-refractivity contribution in [2.75, 3.05) is 5.32 Å². The summed E-state index contributed by atoms with van der Waals surface area (Å²) < 4.78 is 83.8. The molecule has 1 radical (unpaired) electrons. The number of hydrogen-bond donors (Lipinski definition) is 4. The molecule has 4 N–H and O–H groups in total. The molecule has 0 amide bonds. The molecule has 0 aliphatic rings. The maximum Gasteiger partial charge on any atom is 0.425 e. The van der Waals surface area contributed by atoms with Crippen molar-refractivity contribution in [2.45, 2.75) is 11.8 Å². The fourth-order valence-corrected chi connectivity index (χ4v) is 5.45. The van der Waals surface area contributed by atoms with Crippen LogP contribution in [0, 0.1) is 6.92 Å². The second-order valence-corrected chi connectivity index (χ2v) is 12.6. The van der Waals surface area contributed by atoms with Gasteiger partial charge in [0.1, 0.15) is 22.0 Å². The number of nitrogens with zero attached hydrogens (tertiary/aromatic N) is 4. The molecule has 277 valence electrons. The molecule has 0 aromatic heterocycles. The summed E-state index contributed by atoms with van der Waals surface area (Å²) in [6.45, 7) is 1.76. The van der Waals surface area contributed by atoms with E-state index in [-0.39, 0.29) is 44.8 Å². The molecule has 0 fully saturated rings. The van der Waals surface area contributed by atoms with Crippen LogP contribution >= 0.6 is 0 Å². The topological polar surface area (TPSA) is 259 Å². The minimum absolute atomic E-state index is 0. The average Bonchev–Trinajstić information content (AvgIpc) is 3.07. The van der Waals surface area contributed by atoms with Gasteiger partial charge in [0.25, 0.3) is 10.1 Å². The molecule has 0 heterocycles. The van der Waals surface area contributed by atoms with Gasteiger partial charge in [0.15, 0.2) is 5.75 Å². The number of phenols is 2. The molecule has 0 atom stereocenters. The Bertz CT molecular complexity index is 2660. The molecule has 0 aliphatic carbocycles. The molecule has 0 bridgehead atoms. The van der Waals surface area contributed by atoms with Crippen molar-refractivity contribution in [1.82, 2.24) is 0 Å². The Morgan fingerprint density at radius 2 is 1.21 bits per heavy atom. The van der Waals surface area contributed by atoms with Gasteiger partial charge in [-0.25, -0.2) is 0 Å². The zero-order valence-electron chi connectivity index (χ0n) is 26.8. The minimum Gasteiger partial charge on any atom is -0.506 e. The first-order valence-corrected chi connectivity index (χ1v) is 17.8. The third-order valence-corrected chi connectivity index (χ3v) is 7.88. The molecule has 20 heteroatoms. The molecular weight excluding hydrogens is 802 g/mol. The van der Waals surface area contributed by atoms with Crippen LogP contribution in [0.3, 0.4) is 0 Å². The van der Waals surface area contributed by atoms with Crippen LogP contribution in [0.5, 0.6) is 11.5 Å². The van der Waals surface area contributed by atoms with Crippen molar-refractivity contribution in [3.8, 4) is 11.5 Å².